The van der Waals surface area contributed by atoms with Crippen LogP contribution in [-0.2, 0) is 21.0 Å². The topological polar surface area (TPSA) is 115 Å². The normalized spacial score (nSPS) is 11.7. The zero-order valence-electron chi connectivity index (χ0n) is 20.4. The highest BCUT2D eigenvalue weighted by Gasteiger charge is 2.31. The number of methoxy groups -OCH3 is 1. The smallest absolute Gasteiger partial charge is 0.416 e. The van der Waals surface area contributed by atoms with E-state index in [4.69, 9.17) is 16.3 Å². The standard InChI is InChI=1S/C25H20ClF3N4O5S/c1-3-24(34)33(23-8-7-17(14-30-23)39(35,36)32-22-9-10-38-31-22)20-13-19(26)18(12-21(20)37-2)15-5-4-6-16(11-15)25(27,28)29/h4-14H,3H2,1-2H3,(H,31,32). The number of nitrogens with zero attached hydrogens (tertiary/aromatic N) is 3. The average Bonchev–Trinajstić information content (AvgIpc) is 3.41. The van der Waals surface area contributed by atoms with Gasteiger partial charge in [0.2, 0.25) is 5.91 Å². The Balaban J connectivity index is 1.75. The molecule has 2 aromatic heterocycles. The molecule has 0 bridgehead atoms. The molecule has 0 unspecified atom stereocenters. The number of anilines is 3. The number of halogens is 4. The van der Waals surface area contributed by atoms with Crippen LogP contribution in [0.2, 0.25) is 5.02 Å². The summed E-state index contributed by atoms with van der Waals surface area (Å²) in [6, 6.07) is 11.3. The monoisotopic (exact) mass is 580 g/mol. The second-order valence-electron chi connectivity index (χ2n) is 8.01. The van der Waals surface area contributed by atoms with Gasteiger partial charge in [-0.1, -0.05) is 35.8 Å². The molecule has 0 spiro atoms. The van der Waals surface area contributed by atoms with Crippen molar-refractivity contribution < 1.29 is 35.6 Å². The van der Waals surface area contributed by atoms with E-state index in [-0.39, 0.29) is 50.5 Å². The van der Waals surface area contributed by atoms with Crippen molar-refractivity contribution in [1.29, 1.82) is 0 Å². The molecule has 0 atom stereocenters. The van der Waals surface area contributed by atoms with Crippen molar-refractivity contribution >= 4 is 44.9 Å². The maximum Gasteiger partial charge on any atom is 0.416 e. The molecule has 2 heterocycles. The van der Waals surface area contributed by atoms with Crippen molar-refractivity contribution in [2.24, 2.45) is 0 Å². The molecule has 0 aliphatic rings. The molecule has 4 rings (SSSR count). The molecule has 9 nitrogen and oxygen atoms in total. The fraction of sp³-hybridized carbons (Fsp3) is 0.160. The number of aromatic nitrogens is 2. The number of rotatable bonds is 8. The van der Waals surface area contributed by atoms with Gasteiger partial charge in [-0.15, -0.1) is 0 Å². The second kappa shape index (κ2) is 10.9. The molecule has 1 N–H and O–H groups in total. The molecular formula is C25H20ClF3N4O5S. The summed E-state index contributed by atoms with van der Waals surface area (Å²) < 4.78 is 77.3. The van der Waals surface area contributed by atoms with Crippen LogP contribution in [0.5, 0.6) is 5.75 Å². The van der Waals surface area contributed by atoms with Gasteiger partial charge in [-0.05, 0) is 42.0 Å². The van der Waals surface area contributed by atoms with Crippen molar-refractivity contribution in [2.75, 3.05) is 16.7 Å². The van der Waals surface area contributed by atoms with Crippen LogP contribution in [0, 0.1) is 0 Å². The molecule has 2 aromatic carbocycles. The van der Waals surface area contributed by atoms with Gasteiger partial charge in [0, 0.05) is 24.2 Å². The number of ether oxygens (including phenoxy) is 1. The Morgan fingerprint density at radius 1 is 1.15 bits per heavy atom. The molecule has 1 amide bonds. The summed E-state index contributed by atoms with van der Waals surface area (Å²) in [4.78, 5) is 18.1. The van der Waals surface area contributed by atoms with E-state index in [1.54, 1.807) is 6.92 Å². The van der Waals surface area contributed by atoms with Crippen LogP contribution in [-0.4, -0.2) is 31.6 Å². The molecule has 4 aromatic rings. The number of carbonyl (C=O) groups excluding carboxylic acids is 1. The number of alkyl halides is 3. The predicted molar refractivity (Wildman–Crippen MR) is 137 cm³/mol. The Labute approximate surface area is 226 Å². The Morgan fingerprint density at radius 3 is 2.51 bits per heavy atom. The van der Waals surface area contributed by atoms with Gasteiger partial charge in [0.05, 0.1) is 23.4 Å². The summed E-state index contributed by atoms with van der Waals surface area (Å²) in [6.07, 6.45) is -2.26. The largest absolute Gasteiger partial charge is 0.495 e. The summed E-state index contributed by atoms with van der Waals surface area (Å²) >= 11 is 6.50. The molecule has 0 radical (unpaired) electrons. The van der Waals surface area contributed by atoms with Crippen LogP contribution >= 0.6 is 11.6 Å². The van der Waals surface area contributed by atoms with Crippen LogP contribution in [0.1, 0.15) is 18.9 Å². The van der Waals surface area contributed by atoms with E-state index in [0.717, 1.165) is 18.3 Å². The van der Waals surface area contributed by atoms with E-state index in [9.17, 15) is 26.4 Å². The van der Waals surface area contributed by atoms with Crippen LogP contribution in [0.3, 0.4) is 0 Å². The van der Waals surface area contributed by atoms with Gasteiger partial charge >= 0.3 is 6.18 Å². The molecule has 0 aliphatic heterocycles. The quantitative estimate of drug-likeness (QED) is 0.260. The van der Waals surface area contributed by atoms with Gasteiger partial charge in [0.1, 0.15) is 22.7 Å². The van der Waals surface area contributed by atoms with E-state index in [1.807, 2.05) is 0 Å². The van der Waals surface area contributed by atoms with Crippen LogP contribution < -0.4 is 14.4 Å². The van der Waals surface area contributed by atoms with Crippen LogP contribution in [0.4, 0.5) is 30.5 Å². The Kier molecular flexibility index (Phi) is 7.84. The van der Waals surface area contributed by atoms with Crippen molar-refractivity contribution in [3.63, 3.8) is 0 Å². The lowest BCUT2D eigenvalue weighted by atomic mass is 10.0. The lowest BCUT2D eigenvalue weighted by Crippen LogP contribution is -2.26. The van der Waals surface area contributed by atoms with E-state index >= 15 is 0 Å². The van der Waals surface area contributed by atoms with E-state index in [0.29, 0.717) is 0 Å². The van der Waals surface area contributed by atoms with Crippen molar-refractivity contribution in [3.05, 3.63) is 77.6 Å². The van der Waals surface area contributed by atoms with Crippen molar-refractivity contribution in [1.82, 2.24) is 10.1 Å². The predicted octanol–water partition coefficient (Wildman–Crippen LogP) is 6.29. The number of pyridine rings is 1. The lowest BCUT2D eigenvalue weighted by molar-refractivity contribution is -0.137. The fourth-order valence-corrected chi connectivity index (χ4v) is 4.84. The molecule has 0 saturated carbocycles. The van der Waals surface area contributed by atoms with Crippen molar-refractivity contribution in [3.8, 4) is 16.9 Å². The zero-order valence-corrected chi connectivity index (χ0v) is 21.9. The van der Waals surface area contributed by atoms with Gasteiger partial charge < -0.3 is 9.26 Å². The Hall–Kier alpha value is -4.10. The molecule has 0 saturated heterocycles. The minimum absolute atomic E-state index is 0.0258. The van der Waals surface area contributed by atoms with Gasteiger partial charge in [-0.25, -0.2) is 13.4 Å². The van der Waals surface area contributed by atoms with Gasteiger partial charge in [-0.3, -0.25) is 14.4 Å². The third-order valence-electron chi connectivity index (χ3n) is 5.50. The highest BCUT2D eigenvalue weighted by atomic mass is 35.5. The second-order valence-corrected chi connectivity index (χ2v) is 10.1. The number of benzene rings is 2. The summed E-state index contributed by atoms with van der Waals surface area (Å²) in [5.41, 5.74) is -0.242. The highest BCUT2D eigenvalue weighted by molar-refractivity contribution is 7.92. The first-order valence-corrected chi connectivity index (χ1v) is 13.1. The number of nitrogens with one attached hydrogen (secondary N) is 1. The van der Waals surface area contributed by atoms with Gasteiger partial charge in [0.15, 0.2) is 5.82 Å². The Bertz CT molecular complexity index is 1600. The fourth-order valence-electron chi connectivity index (χ4n) is 3.63. The number of carbonyl (C=O) groups is 1. The number of hydrogen-bond acceptors (Lipinski definition) is 7. The first-order valence-electron chi connectivity index (χ1n) is 11.2. The van der Waals surface area contributed by atoms with E-state index in [2.05, 4.69) is 19.4 Å². The van der Waals surface area contributed by atoms with Gasteiger partial charge in [-0.2, -0.15) is 13.2 Å². The molecule has 14 heteroatoms. The third-order valence-corrected chi connectivity index (χ3v) is 7.15. The molecule has 0 fully saturated rings. The molecular weight excluding hydrogens is 561 g/mol. The van der Waals surface area contributed by atoms with Crippen LogP contribution in [0.15, 0.2) is 76.5 Å². The van der Waals surface area contributed by atoms with E-state index in [1.165, 1.54) is 60.7 Å². The Morgan fingerprint density at radius 2 is 1.92 bits per heavy atom. The summed E-state index contributed by atoms with van der Waals surface area (Å²) in [7, 11) is -2.72. The molecule has 204 valence electrons. The maximum absolute atomic E-state index is 13.3. The maximum atomic E-state index is 13.3. The third kappa shape index (κ3) is 5.99. The molecule has 39 heavy (non-hydrogen) atoms. The average molecular weight is 581 g/mol. The minimum atomic E-state index is -4.55. The summed E-state index contributed by atoms with van der Waals surface area (Å²) in [6.45, 7) is 1.61. The first kappa shape index (κ1) is 27.9. The van der Waals surface area contributed by atoms with E-state index < -0.39 is 27.7 Å². The van der Waals surface area contributed by atoms with Gasteiger partial charge in [0.25, 0.3) is 10.0 Å². The number of amides is 1. The SMILES string of the molecule is CCC(=O)N(c1ccc(S(=O)(=O)Nc2ccon2)cn1)c1cc(Cl)c(-c2cccc(C(F)(F)F)c2)cc1OC. The zero-order chi connectivity index (χ0) is 28.4. The summed E-state index contributed by atoms with van der Waals surface area (Å²) in [5.74, 6) is -0.273. The highest BCUT2D eigenvalue weighted by Crippen LogP contribution is 2.42. The van der Waals surface area contributed by atoms with Crippen molar-refractivity contribution in [2.45, 2.75) is 24.4 Å². The lowest BCUT2D eigenvalue weighted by Gasteiger charge is -2.25. The number of sulfonamides is 1. The first-order chi connectivity index (χ1) is 18.4. The molecule has 0 aliphatic carbocycles. The van der Waals surface area contributed by atoms with Crippen LogP contribution in [0.25, 0.3) is 11.1 Å². The number of hydrogen-bond donors (Lipinski definition) is 1. The summed E-state index contributed by atoms with van der Waals surface area (Å²) in [5, 5.41) is 3.55. The minimum Gasteiger partial charge on any atom is -0.495 e.